The maximum atomic E-state index is 7.19. The first-order chi connectivity index (χ1) is 13.1. The summed E-state index contributed by atoms with van der Waals surface area (Å²) < 4.78 is 28.6. The van der Waals surface area contributed by atoms with E-state index in [2.05, 4.69) is 115 Å². The standard InChI is InChI=1S/C18H51N3O3Si6/c1-19(2)25(7,8)22-28(13)16-29(14,23-26(9,10)20(3)4)18-30(15,17-28)24-27(11,12)21(5)6/h16-18H2,1-15H3. The summed E-state index contributed by atoms with van der Waals surface area (Å²) in [6.07, 6.45) is 0. The SMILES string of the molecule is CN(C)[Si](C)(C)O[Si]1(C)C[Si](C)(O[Si](C)(C)N(C)C)C[Si](C)(O[Si](C)(C)N(C)C)C1. The second-order valence-corrected chi connectivity index (χ2v) is 39.0. The quantitative estimate of drug-likeness (QED) is 0.420. The number of hydrogen-bond acceptors (Lipinski definition) is 6. The molecule has 1 saturated heterocycles. The number of rotatable bonds is 9. The Labute approximate surface area is 194 Å². The molecular formula is C18H51N3O3Si6. The van der Waals surface area contributed by atoms with Gasteiger partial charge in [-0.05, 0) is 118 Å². The molecule has 0 N–H and O–H groups in total. The third kappa shape index (κ3) is 7.55. The molecular weight excluding hydrogens is 475 g/mol. The van der Waals surface area contributed by atoms with Gasteiger partial charge in [0.1, 0.15) is 0 Å². The van der Waals surface area contributed by atoms with Crippen molar-refractivity contribution in [2.24, 2.45) is 0 Å². The number of hydrogen-bond donors (Lipinski definition) is 0. The fourth-order valence-electron chi connectivity index (χ4n) is 4.86. The van der Waals surface area contributed by atoms with Gasteiger partial charge in [0.2, 0.25) is 0 Å². The van der Waals surface area contributed by atoms with Crippen LogP contribution in [0.5, 0.6) is 0 Å². The van der Waals surface area contributed by atoms with E-state index in [1.807, 2.05) is 0 Å². The van der Waals surface area contributed by atoms with Gasteiger partial charge >= 0.3 is 0 Å². The van der Waals surface area contributed by atoms with E-state index in [9.17, 15) is 0 Å². The summed E-state index contributed by atoms with van der Waals surface area (Å²) in [6, 6.07) is 0. The van der Waals surface area contributed by atoms with Gasteiger partial charge in [-0.25, -0.2) is 0 Å². The highest BCUT2D eigenvalue weighted by Gasteiger charge is 2.59. The van der Waals surface area contributed by atoms with Crippen LogP contribution >= 0.6 is 0 Å². The highest BCUT2D eigenvalue weighted by molar-refractivity contribution is 7.12. The molecule has 0 amide bonds. The van der Waals surface area contributed by atoms with E-state index in [0.717, 1.165) is 0 Å². The second-order valence-electron chi connectivity index (χ2n) is 12.2. The van der Waals surface area contributed by atoms with Crippen molar-refractivity contribution < 1.29 is 12.3 Å². The van der Waals surface area contributed by atoms with Crippen molar-refractivity contribution in [1.29, 1.82) is 0 Å². The normalized spacial score (nSPS) is 31.8. The van der Waals surface area contributed by atoms with E-state index in [0.29, 0.717) is 0 Å². The fraction of sp³-hybridized carbons (Fsp3) is 1.00. The van der Waals surface area contributed by atoms with E-state index in [1.165, 1.54) is 17.0 Å². The van der Waals surface area contributed by atoms with Crippen molar-refractivity contribution in [3.8, 4) is 0 Å². The van der Waals surface area contributed by atoms with Gasteiger partial charge in [-0.15, -0.1) is 0 Å². The molecule has 0 spiro atoms. The monoisotopic (exact) mass is 525 g/mol. The Bertz CT molecular complexity index is 515. The molecule has 30 heavy (non-hydrogen) atoms. The first-order valence-corrected chi connectivity index (χ1v) is 28.2. The molecule has 0 aliphatic carbocycles. The van der Waals surface area contributed by atoms with Crippen LogP contribution in [0.25, 0.3) is 0 Å². The molecule has 0 radical (unpaired) electrons. The van der Waals surface area contributed by atoms with Crippen molar-refractivity contribution in [2.45, 2.75) is 75.9 Å². The van der Waals surface area contributed by atoms with Crippen molar-refractivity contribution in [2.75, 3.05) is 42.3 Å². The molecule has 180 valence electrons. The Morgan fingerprint density at radius 3 is 0.767 bits per heavy atom. The predicted molar refractivity (Wildman–Crippen MR) is 146 cm³/mol. The van der Waals surface area contributed by atoms with Gasteiger partial charge in [0.25, 0.3) is 25.4 Å². The smallest absolute Gasteiger partial charge is 0.254 e. The van der Waals surface area contributed by atoms with Gasteiger partial charge in [0.15, 0.2) is 25.0 Å². The molecule has 0 atom stereocenters. The summed E-state index contributed by atoms with van der Waals surface area (Å²) in [5, 5.41) is 0. The highest BCUT2D eigenvalue weighted by atomic mass is 28.5. The van der Waals surface area contributed by atoms with Crippen LogP contribution in [0.15, 0.2) is 0 Å². The Balaban J connectivity index is 3.38. The third-order valence-corrected chi connectivity index (χ3v) is 43.3. The summed E-state index contributed by atoms with van der Waals surface area (Å²) in [4.78, 5) is 0. The molecule has 0 bridgehead atoms. The minimum absolute atomic E-state index is 1.20. The van der Waals surface area contributed by atoms with Crippen molar-refractivity contribution in [3.05, 3.63) is 0 Å². The van der Waals surface area contributed by atoms with Crippen LogP contribution in [0, 0.1) is 0 Å². The topological polar surface area (TPSA) is 37.4 Å². The van der Waals surface area contributed by atoms with Crippen molar-refractivity contribution in [1.82, 2.24) is 13.7 Å². The lowest BCUT2D eigenvalue weighted by Gasteiger charge is -2.55. The predicted octanol–water partition coefficient (Wildman–Crippen LogP) is 4.18. The molecule has 0 aromatic heterocycles. The Kier molecular flexibility index (Phi) is 9.08. The minimum Gasteiger partial charge on any atom is -0.445 e. The lowest BCUT2D eigenvalue weighted by Crippen LogP contribution is -2.70. The molecule has 0 aromatic rings. The summed E-state index contributed by atoms with van der Waals surface area (Å²) in [6.45, 7) is 21.5. The highest BCUT2D eigenvalue weighted by Crippen LogP contribution is 2.45. The lowest BCUT2D eigenvalue weighted by molar-refractivity contribution is 0.408. The zero-order valence-electron chi connectivity index (χ0n) is 22.7. The average molecular weight is 526 g/mol. The van der Waals surface area contributed by atoms with E-state index < -0.39 is 50.4 Å². The summed E-state index contributed by atoms with van der Waals surface area (Å²) in [7, 11) is 1.46. The molecule has 1 rings (SSSR count). The van der Waals surface area contributed by atoms with Gasteiger partial charge in [0, 0.05) is 0 Å². The maximum absolute atomic E-state index is 7.19. The summed E-state index contributed by atoms with van der Waals surface area (Å²) in [5.41, 5.74) is 3.60. The summed E-state index contributed by atoms with van der Waals surface area (Å²) in [5.74, 6) is 0. The molecule has 0 aromatic carbocycles. The maximum Gasteiger partial charge on any atom is 0.254 e. The van der Waals surface area contributed by atoms with Gasteiger partial charge in [0.05, 0.1) is 0 Å². The van der Waals surface area contributed by atoms with Crippen LogP contribution in [0.1, 0.15) is 0 Å². The van der Waals surface area contributed by atoms with E-state index in [1.54, 1.807) is 0 Å². The minimum atomic E-state index is -1.97. The first-order valence-electron chi connectivity index (χ1n) is 11.2. The Morgan fingerprint density at radius 2 is 0.633 bits per heavy atom. The van der Waals surface area contributed by atoms with Crippen LogP contribution < -0.4 is 0 Å². The molecule has 1 fully saturated rings. The largest absolute Gasteiger partial charge is 0.445 e. The molecule has 1 aliphatic heterocycles. The van der Waals surface area contributed by atoms with Crippen LogP contribution in [-0.2, 0) is 12.3 Å². The van der Waals surface area contributed by atoms with Crippen molar-refractivity contribution >= 4 is 50.4 Å². The van der Waals surface area contributed by atoms with Gasteiger partial charge in [-0.1, -0.05) is 0 Å². The average Bonchev–Trinajstić information content (AvgIpc) is 2.40. The third-order valence-electron chi connectivity index (χ3n) is 6.96. The Morgan fingerprint density at radius 1 is 0.467 bits per heavy atom. The Hall–Kier alpha value is 1.06. The van der Waals surface area contributed by atoms with Crippen LogP contribution in [0.3, 0.4) is 0 Å². The second kappa shape index (κ2) is 9.37. The van der Waals surface area contributed by atoms with Crippen LogP contribution in [-0.4, -0.2) is 106 Å². The molecule has 1 heterocycles. The van der Waals surface area contributed by atoms with Crippen molar-refractivity contribution in [3.63, 3.8) is 0 Å². The van der Waals surface area contributed by atoms with E-state index in [4.69, 9.17) is 12.3 Å². The summed E-state index contributed by atoms with van der Waals surface area (Å²) >= 11 is 0. The first kappa shape index (κ1) is 29.1. The lowest BCUT2D eigenvalue weighted by atomic mass is 11.3. The fourth-order valence-corrected chi connectivity index (χ4v) is 51.0. The van der Waals surface area contributed by atoms with Gasteiger partial charge in [-0.2, -0.15) is 0 Å². The molecule has 0 unspecified atom stereocenters. The molecule has 12 heteroatoms. The van der Waals surface area contributed by atoms with E-state index in [-0.39, 0.29) is 0 Å². The van der Waals surface area contributed by atoms with Crippen LogP contribution in [0.4, 0.5) is 0 Å². The molecule has 0 saturated carbocycles. The van der Waals surface area contributed by atoms with E-state index >= 15 is 0 Å². The molecule has 1 aliphatic rings. The van der Waals surface area contributed by atoms with Gasteiger partial charge < -0.3 is 26.0 Å². The zero-order chi connectivity index (χ0) is 24.0. The van der Waals surface area contributed by atoms with Gasteiger partial charge in [-0.3, -0.25) is 0 Å². The number of nitrogens with zero attached hydrogens (tertiary/aromatic N) is 3. The molecule has 6 nitrogen and oxygen atoms in total. The van der Waals surface area contributed by atoms with Crippen LogP contribution in [0.2, 0.25) is 75.9 Å². The zero-order valence-corrected chi connectivity index (χ0v) is 28.7.